The highest BCUT2D eigenvalue weighted by Crippen LogP contribution is 2.13. The molecule has 4 heteroatoms. The molecule has 0 saturated carbocycles. The van der Waals surface area contributed by atoms with Gasteiger partial charge in [0.25, 0.3) is 0 Å². The molecule has 0 saturated heterocycles. The first kappa shape index (κ1) is 15.5. The van der Waals surface area contributed by atoms with E-state index in [2.05, 4.69) is 23.9 Å². The molecule has 4 nitrogen and oxygen atoms in total. The van der Waals surface area contributed by atoms with Crippen molar-refractivity contribution in [3.05, 3.63) is 29.8 Å². The van der Waals surface area contributed by atoms with Gasteiger partial charge in [-0.15, -0.1) is 0 Å². The molecule has 1 rings (SSSR count). The van der Waals surface area contributed by atoms with E-state index in [4.69, 9.17) is 9.94 Å². The van der Waals surface area contributed by atoms with Crippen molar-refractivity contribution < 1.29 is 9.94 Å². The Hall–Kier alpha value is -1.55. The third kappa shape index (κ3) is 5.30. The molecule has 0 fully saturated rings. The van der Waals surface area contributed by atoms with Gasteiger partial charge in [-0.1, -0.05) is 19.0 Å². The smallest absolute Gasteiger partial charge is 0.119 e. The van der Waals surface area contributed by atoms with E-state index in [0.29, 0.717) is 5.71 Å². The van der Waals surface area contributed by atoms with Gasteiger partial charge in [0.2, 0.25) is 0 Å². The topological polar surface area (TPSA) is 45.1 Å². The molecule has 0 aromatic heterocycles. The standard InChI is InChI=1S/C15H24N2O2/c1-4-17(5-2)11-6-12-19-15-9-7-14(8-10-15)13(3)16-18/h7-10,18H,4-6,11-12H2,1-3H3/b16-13+. The molecule has 1 aromatic carbocycles. The predicted octanol–water partition coefficient (Wildman–Crippen LogP) is 3.00. The molecule has 0 aliphatic heterocycles. The molecule has 0 aliphatic rings. The Morgan fingerprint density at radius 3 is 2.37 bits per heavy atom. The minimum Gasteiger partial charge on any atom is -0.494 e. The summed E-state index contributed by atoms with van der Waals surface area (Å²) >= 11 is 0. The summed E-state index contributed by atoms with van der Waals surface area (Å²) in [5.74, 6) is 0.856. The van der Waals surface area contributed by atoms with E-state index in [-0.39, 0.29) is 0 Å². The fourth-order valence-electron chi connectivity index (χ4n) is 1.87. The average molecular weight is 264 g/mol. The summed E-state index contributed by atoms with van der Waals surface area (Å²) in [4.78, 5) is 2.38. The highest BCUT2D eigenvalue weighted by Gasteiger charge is 2.01. The zero-order valence-corrected chi connectivity index (χ0v) is 12.1. The van der Waals surface area contributed by atoms with Crippen LogP contribution in [-0.2, 0) is 0 Å². The fourth-order valence-corrected chi connectivity index (χ4v) is 1.87. The van der Waals surface area contributed by atoms with Crippen molar-refractivity contribution in [2.45, 2.75) is 27.2 Å². The normalized spacial score (nSPS) is 11.9. The molecule has 0 atom stereocenters. The van der Waals surface area contributed by atoms with Gasteiger partial charge in [-0.3, -0.25) is 0 Å². The van der Waals surface area contributed by atoms with Crippen molar-refractivity contribution in [1.29, 1.82) is 0 Å². The maximum atomic E-state index is 8.68. The maximum Gasteiger partial charge on any atom is 0.119 e. The Labute approximate surface area is 115 Å². The van der Waals surface area contributed by atoms with Gasteiger partial charge in [0.1, 0.15) is 5.75 Å². The molecule has 0 amide bonds. The van der Waals surface area contributed by atoms with Crippen molar-refractivity contribution in [2.75, 3.05) is 26.2 Å². The molecule has 0 unspecified atom stereocenters. The summed E-state index contributed by atoms with van der Waals surface area (Å²) in [7, 11) is 0. The van der Waals surface area contributed by atoms with Crippen molar-refractivity contribution in [2.24, 2.45) is 5.16 Å². The third-order valence-electron chi connectivity index (χ3n) is 3.20. The monoisotopic (exact) mass is 264 g/mol. The lowest BCUT2D eigenvalue weighted by Gasteiger charge is -2.17. The Bertz CT molecular complexity index is 384. The number of oxime groups is 1. The van der Waals surface area contributed by atoms with Gasteiger partial charge in [-0.05, 0) is 56.3 Å². The van der Waals surface area contributed by atoms with Crippen LogP contribution in [0.25, 0.3) is 0 Å². The molecule has 1 N–H and O–H groups in total. The number of hydrogen-bond acceptors (Lipinski definition) is 4. The van der Waals surface area contributed by atoms with Crippen LogP contribution in [0.4, 0.5) is 0 Å². The molecule has 0 aliphatic carbocycles. The molecule has 106 valence electrons. The fraction of sp³-hybridized carbons (Fsp3) is 0.533. The van der Waals surface area contributed by atoms with Crippen LogP contribution in [0, 0.1) is 0 Å². The van der Waals surface area contributed by atoms with Crippen LogP contribution < -0.4 is 4.74 Å². The number of benzene rings is 1. The molecule has 1 aromatic rings. The maximum absolute atomic E-state index is 8.68. The summed E-state index contributed by atoms with van der Waals surface area (Å²) in [6, 6.07) is 7.60. The van der Waals surface area contributed by atoms with Crippen LogP contribution in [0.3, 0.4) is 0 Å². The molecular formula is C15H24N2O2. The molecule has 0 heterocycles. The summed E-state index contributed by atoms with van der Waals surface area (Å²) in [5.41, 5.74) is 1.51. The minimum absolute atomic E-state index is 0.605. The Balaban J connectivity index is 2.34. The van der Waals surface area contributed by atoms with Crippen LogP contribution in [0.1, 0.15) is 32.8 Å². The highest BCUT2D eigenvalue weighted by atomic mass is 16.5. The van der Waals surface area contributed by atoms with Crippen LogP contribution in [0.5, 0.6) is 5.75 Å². The lowest BCUT2D eigenvalue weighted by molar-refractivity contribution is 0.249. The second-order valence-electron chi connectivity index (χ2n) is 4.44. The largest absolute Gasteiger partial charge is 0.494 e. The van der Waals surface area contributed by atoms with Gasteiger partial charge in [-0.25, -0.2) is 0 Å². The van der Waals surface area contributed by atoms with Crippen molar-refractivity contribution in [3.8, 4) is 5.75 Å². The van der Waals surface area contributed by atoms with Gasteiger partial charge in [-0.2, -0.15) is 0 Å². The number of rotatable bonds is 8. The summed E-state index contributed by atoms with van der Waals surface area (Å²) < 4.78 is 5.68. The van der Waals surface area contributed by atoms with E-state index >= 15 is 0 Å². The van der Waals surface area contributed by atoms with Crippen molar-refractivity contribution in [1.82, 2.24) is 4.90 Å². The Kier molecular flexibility index (Phi) is 6.97. The van der Waals surface area contributed by atoms with Gasteiger partial charge >= 0.3 is 0 Å². The number of hydrogen-bond donors (Lipinski definition) is 1. The zero-order valence-electron chi connectivity index (χ0n) is 12.1. The molecule has 19 heavy (non-hydrogen) atoms. The predicted molar refractivity (Wildman–Crippen MR) is 78.3 cm³/mol. The van der Waals surface area contributed by atoms with Crippen molar-refractivity contribution in [3.63, 3.8) is 0 Å². The lowest BCUT2D eigenvalue weighted by atomic mass is 10.1. The van der Waals surface area contributed by atoms with E-state index in [1.54, 1.807) is 6.92 Å². The number of nitrogens with zero attached hydrogens (tertiary/aromatic N) is 2. The van der Waals surface area contributed by atoms with E-state index in [1.165, 1.54) is 0 Å². The van der Waals surface area contributed by atoms with Crippen LogP contribution in [0.2, 0.25) is 0 Å². The summed E-state index contributed by atoms with van der Waals surface area (Å²) in [6.07, 6.45) is 1.03. The van der Waals surface area contributed by atoms with E-state index < -0.39 is 0 Å². The number of ether oxygens (including phenoxy) is 1. The average Bonchev–Trinajstić information content (AvgIpc) is 2.47. The van der Waals surface area contributed by atoms with Gasteiger partial charge in [0.15, 0.2) is 0 Å². The van der Waals surface area contributed by atoms with Gasteiger partial charge < -0.3 is 14.8 Å². The molecule has 0 bridgehead atoms. The molecule has 0 spiro atoms. The SMILES string of the molecule is CCN(CC)CCCOc1ccc(/C(C)=N/O)cc1. The van der Waals surface area contributed by atoms with Crippen LogP contribution in [0.15, 0.2) is 29.4 Å². The lowest BCUT2D eigenvalue weighted by Crippen LogP contribution is -2.25. The third-order valence-corrected chi connectivity index (χ3v) is 3.20. The van der Waals surface area contributed by atoms with Gasteiger partial charge in [0.05, 0.1) is 12.3 Å². The quantitative estimate of drug-likeness (QED) is 0.340. The first-order valence-electron chi connectivity index (χ1n) is 6.85. The van der Waals surface area contributed by atoms with Crippen LogP contribution in [-0.4, -0.2) is 42.1 Å². The first-order chi connectivity index (χ1) is 9.21. The highest BCUT2D eigenvalue weighted by molar-refractivity contribution is 5.98. The molecule has 0 radical (unpaired) electrons. The molecular weight excluding hydrogens is 240 g/mol. The second kappa shape index (κ2) is 8.53. The summed E-state index contributed by atoms with van der Waals surface area (Å²) in [5, 5.41) is 11.9. The Morgan fingerprint density at radius 1 is 1.21 bits per heavy atom. The Morgan fingerprint density at radius 2 is 1.84 bits per heavy atom. The van der Waals surface area contributed by atoms with E-state index in [0.717, 1.165) is 44.0 Å². The van der Waals surface area contributed by atoms with Gasteiger partial charge in [0, 0.05) is 6.54 Å². The van der Waals surface area contributed by atoms with Crippen molar-refractivity contribution >= 4 is 5.71 Å². The summed E-state index contributed by atoms with van der Waals surface area (Å²) in [6.45, 7) is 10.1. The zero-order chi connectivity index (χ0) is 14.1. The van der Waals surface area contributed by atoms with E-state index in [1.807, 2.05) is 24.3 Å². The van der Waals surface area contributed by atoms with Crippen LogP contribution >= 0.6 is 0 Å². The first-order valence-corrected chi connectivity index (χ1v) is 6.85. The second-order valence-corrected chi connectivity index (χ2v) is 4.44. The van der Waals surface area contributed by atoms with E-state index in [9.17, 15) is 0 Å². The minimum atomic E-state index is 0.605.